The maximum Gasteiger partial charge on any atom is 0.338 e. The fourth-order valence-corrected chi connectivity index (χ4v) is 1.87. The van der Waals surface area contributed by atoms with Crippen molar-refractivity contribution in [3.63, 3.8) is 0 Å². The van der Waals surface area contributed by atoms with Crippen molar-refractivity contribution in [3.05, 3.63) is 69.5 Å². The van der Waals surface area contributed by atoms with Crippen molar-refractivity contribution in [3.8, 4) is 5.75 Å². The van der Waals surface area contributed by atoms with Gasteiger partial charge in [-0.15, -0.1) is 0 Å². The summed E-state index contributed by atoms with van der Waals surface area (Å²) in [6, 6.07) is 10.2. The number of aryl methyl sites for hydroxylation is 1. The van der Waals surface area contributed by atoms with Crippen LogP contribution in [0.4, 0.5) is 10.1 Å². The van der Waals surface area contributed by atoms with Gasteiger partial charge in [0, 0.05) is 6.07 Å². The molecule has 0 saturated heterocycles. The van der Waals surface area contributed by atoms with Crippen molar-refractivity contribution in [1.82, 2.24) is 0 Å². The highest BCUT2D eigenvalue weighted by Crippen LogP contribution is 2.19. The molecule has 0 N–H and O–H groups in total. The van der Waals surface area contributed by atoms with Gasteiger partial charge in [0.25, 0.3) is 0 Å². The summed E-state index contributed by atoms with van der Waals surface area (Å²) in [4.78, 5) is 21.4. The smallest absolute Gasteiger partial charge is 0.338 e. The zero-order chi connectivity index (χ0) is 16.8. The molecule has 7 heteroatoms. The Hall–Kier alpha value is -2.96. The van der Waals surface area contributed by atoms with Crippen molar-refractivity contribution >= 4 is 11.7 Å². The van der Waals surface area contributed by atoms with Gasteiger partial charge in [-0.05, 0) is 30.7 Å². The van der Waals surface area contributed by atoms with E-state index in [4.69, 9.17) is 9.47 Å². The quantitative estimate of drug-likeness (QED) is 0.353. The maximum atomic E-state index is 13.4. The first-order valence-corrected chi connectivity index (χ1v) is 6.78. The second kappa shape index (κ2) is 7.35. The third kappa shape index (κ3) is 4.26. The average Bonchev–Trinajstić information content (AvgIpc) is 2.52. The molecule has 0 atom stereocenters. The Balaban J connectivity index is 1.87. The lowest BCUT2D eigenvalue weighted by Gasteiger charge is -2.09. The van der Waals surface area contributed by atoms with Crippen LogP contribution in [0.2, 0.25) is 0 Å². The van der Waals surface area contributed by atoms with Crippen molar-refractivity contribution in [2.24, 2.45) is 0 Å². The van der Waals surface area contributed by atoms with Gasteiger partial charge in [-0.3, -0.25) is 10.1 Å². The van der Waals surface area contributed by atoms with E-state index in [1.54, 1.807) is 6.07 Å². The second-order valence-corrected chi connectivity index (χ2v) is 4.67. The van der Waals surface area contributed by atoms with E-state index in [1.165, 1.54) is 0 Å². The third-order valence-corrected chi connectivity index (χ3v) is 3.05. The van der Waals surface area contributed by atoms with Crippen molar-refractivity contribution in [2.45, 2.75) is 6.92 Å². The van der Waals surface area contributed by atoms with Crippen LogP contribution >= 0.6 is 0 Å². The van der Waals surface area contributed by atoms with Crippen molar-refractivity contribution < 1.29 is 23.6 Å². The van der Waals surface area contributed by atoms with Gasteiger partial charge in [-0.2, -0.15) is 4.39 Å². The minimum atomic E-state index is -1.08. The first-order valence-electron chi connectivity index (χ1n) is 6.78. The number of nitro groups is 1. The van der Waals surface area contributed by atoms with Gasteiger partial charge in [0.2, 0.25) is 5.82 Å². The van der Waals surface area contributed by atoms with Gasteiger partial charge in [0.15, 0.2) is 0 Å². The summed E-state index contributed by atoms with van der Waals surface area (Å²) >= 11 is 0. The molecule has 0 unspecified atom stereocenters. The van der Waals surface area contributed by atoms with Crippen LogP contribution in [0.25, 0.3) is 0 Å². The number of nitrogens with zero attached hydrogens (tertiary/aromatic N) is 1. The van der Waals surface area contributed by atoms with Gasteiger partial charge in [0.05, 0.1) is 10.5 Å². The lowest BCUT2D eigenvalue weighted by atomic mass is 10.2. The number of esters is 1. The number of ether oxygens (including phenoxy) is 2. The molecule has 0 spiro atoms. The summed E-state index contributed by atoms with van der Waals surface area (Å²) in [5, 5.41) is 10.5. The van der Waals surface area contributed by atoms with Gasteiger partial charge in [0.1, 0.15) is 19.0 Å². The minimum absolute atomic E-state index is 0.0220. The summed E-state index contributed by atoms with van der Waals surface area (Å²) in [6.07, 6.45) is 0. The van der Waals surface area contributed by atoms with Crippen molar-refractivity contribution in [2.75, 3.05) is 13.2 Å². The standard InChI is InChI=1S/C16H14FNO5/c1-11-4-2-3-5-15(11)22-8-9-23-16(19)12-6-7-14(18(20)21)13(17)10-12/h2-7,10H,8-9H2,1H3. The molecule has 0 bridgehead atoms. The number of hydrogen-bond donors (Lipinski definition) is 0. The molecule has 0 aliphatic rings. The van der Waals surface area contributed by atoms with Crippen LogP contribution in [0.15, 0.2) is 42.5 Å². The molecule has 23 heavy (non-hydrogen) atoms. The number of carbonyl (C=O) groups excluding carboxylic acids is 1. The predicted octanol–water partition coefficient (Wildman–Crippen LogP) is 3.28. The molecule has 0 radical (unpaired) electrons. The third-order valence-electron chi connectivity index (χ3n) is 3.05. The van der Waals surface area contributed by atoms with Gasteiger partial charge in [-0.25, -0.2) is 4.79 Å². The fraction of sp³-hybridized carbons (Fsp3) is 0.188. The van der Waals surface area contributed by atoms with Crippen LogP contribution in [0.3, 0.4) is 0 Å². The van der Waals surface area contributed by atoms with E-state index in [0.29, 0.717) is 5.75 Å². The Morgan fingerprint density at radius 2 is 1.96 bits per heavy atom. The van der Waals surface area contributed by atoms with E-state index >= 15 is 0 Å². The normalized spacial score (nSPS) is 10.2. The maximum absolute atomic E-state index is 13.4. The van der Waals surface area contributed by atoms with Crippen LogP contribution in [-0.4, -0.2) is 24.1 Å². The SMILES string of the molecule is Cc1ccccc1OCCOC(=O)c1ccc([N+](=O)[O-])c(F)c1. The first-order chi connectivity index (χ1) is 11.0. The molecule has 120 valence electrons. The average molecular weight is 319 g/mol. The zero-order valence-electron chi connectivity index (χ0n) is 12.3. The Bertz CT molecular complexity index is 732. The minimum Gasteiger partial charge on any atom is -0.490 e. The lowest BCUT2D eigenvalue weighted by molar-refractivity contribution is -0.387. The molecular formula is C16H14FNO5. The number of halogens is 1. The van der Waals surface area contributed by atoms with E-state index in [2.05, 4.69) is 0 Å². The summed E-state index contributed by atoms with van der Waals surface area (Å²) in [5.74, 6) is -1.17. The molecule has 0 aliphatic carbocycles. The number of carbonyl (C=O) groups is 1. The topological polar surface area (TPSA) is 78.7 Å². The molecule has 2 aromatic carbocycles. The van der Waals surface area contributed by atoms with Gasteiger partial charge >= 0.3 is 11.7 Å². The van der Waals surface area contributed by atoms with Crippen LogP contribution in [0, 0.1) is 22.9 Å². The van der Waals surface area contributed by atoms with Gasteiger partial charge in [-0.1, -0.05) is 18.2 Å². The van der Waals surface area contributed by atoms with E-state index in [-0.39, 0.29) is 18.8 Å². The molecule has 2 rings (SSSR count). The fourth-order valence-electron chi connectivity index (χ4n) is 1.87. The highest BCUT2D eigenvalue weighted by atomic mass is 19.1. The van der Waals surface area contributed by atoms with Crippen LogP contribution < -0.4 is 4.74 Å². The van der Waals surface area contributed by atoms with Crippen LogP contribution in [0.5, 0.6) is 5.75 Å². The van der Waals surface area contributed by atoms with E-state index in [1.807, 2.05) is 25.1 Å². The van der Waals surface area contributed by atoms with E-state index in [0.717, 1.165) is 23.8 Å². The number of hydrogen-bond acceptors (Lipinski definition) is 5. The van der Waals surface area contributed by atoms with Crippen LogP contribution in [0.1, 0.15) is 15.9 Å². The molecule has 6 nitrogen and oxygen atoms in total. The Kier molecular flexibility index (Phi) is 5.24. The molecule has 0 heterocycles. The lowest BCUT2D eigenvalue weighted by Crippen LogP contribution is -2.13. The number of rotatable bonds is 6. The molecular weight excluding hydrogens is 305 g/mol. The Morgan fingerprint density at radius 3 is 2.61 bits per heavy atom. The highest BCUT2D eigenvalue weighted by Gasteiger charge is 2.17. The molecule has 0 fully saturated rings. The summed E-state index contributed by atoms with van der Waals surface area (Å²) in [5.41, 5.74) is 0.171. The molecule has 2 aromatic rings. The molecule has 0 saturated carbocycles. The Morgan fingerprint density at radius 1 is 1.22 bits per heavy atom. The highest BCUT2D eigenvalue weighted by molar-refractivity contribution is 5.89. The van der Waals surface area contributed by atoms with E-state index < -0.39 is 22.4 Å². The molecule has 0 amide bonds. The molecule has 0 aromatic heterocycles. The Labute approximate surface area is 131 Å². The van der Waals surface area contributed by atoms with Crippen molar-refractivity contribution in [1.29, 1.82) is 0 Å². The summed E-state index contributed by atoms with van der Waals surface area (Å²) in [7, 11) is 0. The monoisotopic (exact) mass is 319 g/mol. The summed E-state index contributed by atoms with van der Waals surface area (Å²) in [6.45, 7) is 2.01. The second-order valence-electron chi connectivity index (χ2n) is 4.67. The number of para-hydroxylation sites is 1. The van der Waals surface area contributed by atoms with E-state index in [9.17, 15) is 19.3 Å². The van der Waals surface area contributed by atoms with Crippen LogP contribution in [-0.2, 0) is 4.74 Å². The zero-order valence-corrected chi connectivity index (χ0v) is 12.3. The predicted molar refractivity (Wildman–Crippen MR) is 80.0 cm³/mol. The first kappa shape index (κ1) is 16.4. The summed E-state index contributed by atoms with van der Waals surface area (Å²) < 4.78 is 23.8. The number of nitro benzene ring substituents is 1. The molecule has 0 aliphatic heterocycles. The largest absolute Gasteiger partial charge is 0.490 e. The van der Waals surface area contributed by atoms with Gasteiger partial charge < -0.3 is 9.47 Å². The number of benzene rings is 2.